The van der Waals surface area contributed by atoms with Crippen molar-refractivity contribution in [1.82, 2.24) is 20.3 Å². The molecule has 2 N–H and O–H groups in total. The van der Waals surface area contributed by atoms with Crippen LogP contribution in [0.3, 0.4) is 0 Å². The predicted octanol–water partition coefficient (Wildman–Crippen LogP) is 3.44. The second-order valence-electron chi connectivity index (χ2n) is 6.45. The minimum atomic E-state index is -0.418. The largest absolute Gasteiger partial charge is 0.453 e. The molecule has 28 heavy (non-hydrogen) atoms. The van der Waals surface area contributed by atoms with Crippen molar-refractivity contribution >= 4 is 12.0 Å². The molecular weight excluding hydrogens is 354 g/mol. The molecule has 3 rings (SSSR count). The fourth-order valence-corrected chi connectivity index (χ4v) is 2.75. The first-order valence-corrected chi connectivity index (χ1v) is 9.02. The van der Waals surface area contributed by atoms with Crippen molar-refractivity contribution in [3.63, 3.8) is 0 Å². The van der Waals surface area contributed by atoms with Crippen LogP contribution < -0.4 is 10.6 Å². The number of hydrogen-bond acceptors (Lipinski definition) is 6. The third-order valence-corrected chi connectivity index (χ3v) is 4.20. The van der Waals surface area contributed by atoms with Gasteiger partial charge in [0.05, 0.1) is 7.11 Å². The van der Waals surface area contributed by atoms with Crippen molar-refractivity contribution in [1.29, 1.82) is 0 Å². The summed E-state index contributed by atoms with van der Waals surface area (Å²) in [4.78, 5) is 24.1. The first-order chi connectivity index (χ1) is 13.6. The molecule has 144 valence electrons. The summed E-state index contributed by atoms with van der Waals surface area (Å²) in [6.45, 7) is 2.57. The van der Waals surface area contributed by atoms with Crippen LogP contribution in [0.15, 0.2) is 61.2 Å². The number of methoxy groups -OCH3 is 1. The number of nitrogens with one attached hydrogen (secondary N) is 2. The Hall–Kier alpha value is -3.48. The van der Waals surface area contributed by atoms with Crippen molar-refractivity contribution in [3.05, 3.63) is 72.3 Å². The number of rotatable bonds is 7. The molecule has 0 fully saturated rings. The number of nitrogens with zero attached hydrogens (tertiary/aromatic N) is 3. The number of amides is 1. The minimum absolute atomic E-state index is 0.00759. The maximum absolute atomic E-state index is 11.3. The summed E-state index contributed by atoms with van der Waals surface area (Å²) < 4.78 is 4.62. The van der Waals surface area contributed by atoms with Crippen LogP contribution in [0.1, 0.15) is 18.1 Å². The number of ether oxygens (including phenoxy) is 1. The van der Waals surface area contributed by atoms with Crippen molar-refractivity contribution in [2.24, 2.45) is 0 Å². The summed E-state index contributed by atoms with van der Waals surface area (Å²) in [6, 6.07) is 12.0. The van der Waals surface area contributed by atoms with E-state index in [0.717, 1.165) is 28.7 Å². The number of carbonyl (C=O) groups excluding carboxylic acids is 1. The van der Waals surface area contributed by atoms with Gasteiger partial charge in [-0.3, -0.25) is 4.98 Å². The maximum Gasteiger partial charge on any atom is 0.407 e. The highest BCUT2D eigenvalue weighted by atomic mass is 16.5. The van der Waals surface area contributed by atoms with E-state index >= 15 is 0 Å². The molecule has 1 amide bonds. The number of carbonyl (C=O) groups is 1. The highest BCUT2D eigenvalue weighted by Gasteiger charge is 2.08. The Kier molecular flexibility index (Phi) is 6.51. The summed E-state index contributed by atoms with van der Waals surface area (Å²) in [5.74, 6) is 0.576. The van der Waals surface area contributed by atoms with E-state index in [1.165, 1.54) is 7.11 Å². The van der Waals surface area contributed by atoms with Gasteiger partial charge in [-0.25, -0.2) is 14.8 Å². The van der Waals surface area contributed by atoms with Crippen LogP contribution in [0, 0.1) is 0 Å². The van der Waals surface area contributed by atoms with Crippen LogP contribution in [0.4, 0.5) is 10.7 Å². The van der Waals surface area contributed by atoms with Gasteiger partial charge in [-0.2, -0.15) is 0 Å². The van der Waals surface area contributed by atoms with Gasteiger partial charge in [-0.1, -0.05) is 30.3 Å². The van der Waals surface area contributed by atoms with Crippen molar-refractivity contribution in [2.45, 2.75) is 25.9 Å². The topological polar surface area (TPSA) is 89.0 Å². The number of alkyl carbamates (subject to hydrolysis) is 1. The van der Waals surface area contributed by atoms with Gasteiger partial charge in [0.15, 0.2) is 0 Å². The van der Waals surface area contributed by atoms with Crippen LogP contribution in [-0.4, -0.2) is 34.2 Å². The second-order valence-corrected chi connectivity index (χ2v) is 6.45. The van der Waals surface area contributed by atoms with Gasteiger partial charge >= 0.3 is 6.09 Å². The summed E-state index contributed by atoms with van der Waals surface area (Å²) in [5, 5.41) is 5.95. The van der Waals surface area contributed by atoms with E-state index in [0.29, 0.717) is 12.5 Å². The van der Waals surface area contributed by atoms with Gasteiger partial charge in [-0.05, 0) is 36.1 Å². The molecule has 1 unspecified atom stereocenters. The molecule has 2 aromatic heterocycles. The molecule has 2 heterocycles. The van der Waals surface area contributed by atoms with Crippen molar-refractivity contribution < 1.29 is 9.53 Å². The molecule has 3 aromatic rings. The molecule has 0 aliphatic rings. The highest BCUT2D eigenvalue weighted by Crippen LogP contribution is 2.19. The van der Waals surface area contributed by atoms with E-state index in [1.54, 1.807) is 18.6 Å². The van der Waals surface area contributed by atoms with Gasteiger partial charge in [0.1, 0.15) is 0 Å². The lowest BCUT2D eigenvalue weighted by Gasteiger charge is -2.13. The monoisotopic (exact) mass is 377 g/mol. The minimum Gasteiger partial charge on any atom is -0.453 e. The zero-order valence-corrected chi connectivity index (χ0v) is 15.9. The molecule has 1 aromatic carbocycles. The molecular formula is C21H23N5O2. The summed E-state index contributed by atoms with van der Waals surface area (Å²) in [7, 11) is 1.36. The van der Waals surface area contributed by atoms with Crippen LogP contribution in [-0.2, 0) is 17.7 Å². The average molecular weight is 377 g/mol. The number of pyridine rings is 1. The molecule has 0 saturated heterocycles. The SMILES string of the molecule is COC(=O)NC(C)Cc1ccc(-c2cnc(NCc3cccnc3)nc2)cc1. The van der Waals surface area contributed by atoms with E-state index in [2.05, 4.69) is 30.3 Å². The van der Waals surface area contributed by atoms with E-state index in [9.17, 15) is 4.79 Å². The van der Waals surface area contributed by atoms with Crippen molar-refractivity contribution in [2.75, 3.05) is 12.4 Å². The Bertz CT molecular complexity index is 883. The molecule has 0 saturated carbocycles. The fraction of sp³-hybridized carbons (Fsp3) is 0.238. The van der Waals surface area contributed by atoms with Gasteiger partial charge < -0.3 is 15.4 Å². The normalized spacial score (nSPS) is 11.5. The van der Waals surface area contributed by atoms with E-state index in [1.807, 2.05) is 49.5 Å². The lowest BCUT2D eigenvalue weighted by atomic mass is 10.0. The smallest absolute Gasteiger partial charge is 0.407 e. The van der Waals surface area contributed by atoms with E-state index in [-0.39, 0.29) is 6.04 Å². The second kappa shape index (κ2) is 9.45. The number of aromatic nitrogens is 3. The number of benzene rings is 1. The highest BCUT2D eigenvalue weighted by molar-refractivity contribution is 5.67. The van der Waals surface area contributed by atoms with Crippen LogP contribution in [0.5, 0.6) is 0 Å². The lowest BCUT2D eigenvalue weighted by Crippen LogP contribution is -2.33. The Morgan fingerprint density at radius 2 is 1.79 bits per heavy atom. The standard InChI is InChI=1S/C21H23N5O2/c1-15(26-21(27)28-2)10-16-5-7-18(8-6-16)19-13-24-20(25-14-19)23-12-17-4-3-9-22-11-17/h3-9,11,13-15H,10,12H2,1-2H3,(H,26,27)(H,23,24,25). The van der Waals surface area contributed by atoms with Crippen LogP contribution in [0.2, 0.25) is 0 Å². The summed E-state index contributed by atoms with van der Waals surface area (Å²) in [5.41, 5.74) is 4.18. The molecule has 0 radical (unpaired) electrons. The molecule has 0 spiro atoms. The quantitative estimate of drug-likeness (QED) is 0.656. The molecule has 0 aliphatic heterocycles. The average Bonchev–Trinajstić information content (AvgIpc) is 2.74. The molecule has 7 heteroatoms. The summed E-state index contributed by atoms with van der Waals surface area (Å²) in [6.07, 6.45) is 7.46. The molecule has 1 atom stereocenters. The third-order valence-electron chi connectivity index (χ3n) is 4.20. The number of hydrogen-bond donors (Lipinski definition) is 2. The van der Waals surface area contributed by atoms with E-state index in [4.69, 9.17) is 0 Å². The van der Waals surface area contributed by atoms with Gasteiger partial charge in [0.2, 0.25) is 5.95 Å². The molecule has 0 aliphatic carbocycles. The van der Waals surface area contributed by atoms with Gasteiger partial charge in [0.25, 0.3) is 0 Å². The predicted molar refractivity (Wildman–Crippen MR) is 108 cm³/mol. The Morgan fingerprint density at radius 3 is 2.43 bits per heavy atom. The fourth-order valence-electron chi connectivity index (χ4n) is 2.75. The Morgan fingerprint density at radius 1 is 1.04 bits per heavy atom. The molecule has 7 nitrogen and oxygen atoms in total. The molecule has 0 bridgehead atoms. The van der Waals surface area contributed by atoms with Crippen LogP contribution >= 0.6 is 0 Å². The zero-order valence-electron chi connectivity index (χ0n) is 15.9. The van der Waals surface area contributed by atoms with Crippen molar-refractivity contribution in [3.8, 4) is 11.1 Å². The van der Waals surface area contributed by atoms with Crippen LogP contribution in [0.25, 0.3) is 11.1 Å². The Balaban J connectivity index is 1.57. The third kappa shape index (κ3) is 5.51. The lowest BCUT2D eigenvalue weighted by molar-refractivity contribution is 0.167. The summed E-state index contributed by atoms with van der Waals surface area (Å²) >= 11 is 0. The van der Waals surface area contributed by atoms with Gasteiger partial charge in [0, 0.05) is 42.9 Å². The first kappa shape index (κ1) is 19.3. The zero-order chi connectivity index (χ0) is 19.8. The maximum atomic E-state index is 11.3. The van der Waals surface area contributed by atoms with E-state index < -0.39 is 6.09 Å². The number of anilines is 1. The van der Waals surface area contributed by atoms with Gasteiger partial charge in [-0.15, -0.1) is 0 Å². The Labute approximate surface area is 164 Å². The first-order valence-electron chi connectivity index (χ1n) is 9.02.